The van der Waals surface area contributed by atoms with E-state index in [1.54, 1.807) is 11.9 Å². The first-order chi connectivity index (χ1) is 7.41. The molecule has 88 valence electrons. The number of nitrogens with zero attached hydrogens (tertiary/aromatic N) is 2. The molecule has 0 aromatic carbocycles. The van der Waals surface area contributed by atoms with Crippen LogP contribution in [0.4, 0.5) is 0 Å². The standard InChI is InChI=1S/C11H16N2O3/c1-12(2)4-5-13(3)9-6-8(14)7-10(15)11(9)16/h6-7,15H,4-5H2,1-3H3. The number of carbonyl (C=O) groups is 2. The fourth-order valence-electron chi connectivity index (χ4n) is 1.33. The minimum Gasteiger partial charge on any atom is -0.504 e. The third-order valence-electron chi connectivity index (χ3n) is 2.32. The van der Waals surface area contributed by atoms with Gasteiger partial charge in [0.2, 0.25) is 5.78 Å². The molecule has 0 fully saturated rings. The van der Waals surface area contributed by atoms with Crippen molar-refractivity contribution in [2.75, 3.05) is 34.2 Å². The highest BCUT2D eigenvalue weighted by atomic mass is 16.3. The van der Waals surface area contributed by atoms with Crippen molar-refractivity contribution in [1.29, 1.82) is 0 Å². The van der Waals surface area contributed by atoms with Crippen LogP contribution in [0.15, 0.2) is 23.6 Å². The molecule has 1 N–H and O–H groups in total. The first-order valence-corrected chi connectivity index (χ1v) is 4.98. The number of aliphatic hydroxyl groups is 1. The molecule has 0 unspecified atom stereocenters. The average molecular weight is 224 g/mol. The Balaban J connectivity index is 2.72. The Hall–Kier alpha value is -1.62. The molecule has 0 bridgehead atoms. The zero-order valence-corrected chi connectivity index (χ0v) is 9.73. The fraction of sp³-hybridized carbons (Fsp3) is 0.455. The second-order valence-electron chi connectivity index (χ2n) is 4.02. The third kappa shape index (κ3) is 2.93. The third-order valence-corrected chi connectivity index (χ3v) is 2.32. The lowest BCUT2D eigenvalue weighted by atomic mass is 10.1. The summed E-state index contributed by atoms with van der Waals surface area (Å²) in [7, 11) is 5.57. The largest absolute Gasteiger partial charge is 0.504 e. The fourth-order valence-corrected chi connectivity index (χ4v) is 1.33. The SMILES string of the molecule is CN(C)CCN(C)C1=CC(=O)C=C(O)C1=O. The van der Waals surface area contributed by atoms with Crippen LogP contribution in [0.2, 0.25) is 0 Å². The molecule has 0 amide bonds. The molecular weight excluding hydrogens is 208 g/mol. The van der Waals surface area contributed by atoms with E-state index in [-0.39, 0.29) is 11.5 Å². The van der Waals surface area contributed by atoms with Crippen molar-refractivity contribution in [3.63, 3.8) is 0 Å². The Bertz CT molecular complexity index is 369. The van der Waals surface area contributed by atoms with Crippen molar-refractivity contribution >= 4 is 11.6 Å². The average Bonchev–Trinajstić information content (AvgIpc) is 2.19. The normalized spacial score (nSPS) is 16.2. The minimum atomic E-state index is -0.499. The maximum atomic E-state index is 11.6. The summed E-state index contributed by atoms with van der Waals surface area (Å²) in [6.45, 7) is 1.38. The Morgan fingerprint density at radius 1 is 1.12 bits per heavy atom. The van der Waals surface area contributed by atoms with Crippen LogP contribution in [-0.2, 0) is 9.59 Å². The number of likely N-dealkylation sites (N-methyl/N-ethyl adjacent to an activating group) is 2. The smallest absolute Gasteiger partial charge is 0.243 e. The summed E-state index contributed by atoms with van der Waals surface area (Å²) < 4.78 is 0. The number of carbonyl (C=O) groups excluding carboxylic acids is 2. The summed E-state index contributed by atoms with van der Waals surface area (Å²) in [5, 5.41) is 9.26. The number of hydrogen-bond acceptors (Lipinski definition) is 5. The molecule has 5 heteroatoms. The van der Waals surface area contributed by atoms with E-state index in [2.05, 4.69) is 0 Å². The molecule has 0 aliphatic heterocycles. The van der Waals surface area contributed by atoms with Gasteiger partial charge in [-0.25, -0.2) is 0 Å². The summed E-state index contributed by atoms with van der Waals surface area (Å²) in [5.41, 5.74) is 0.242. The number of rotatable bonds is 4. The summed E-state index contributed by atoms with van der Waals surface area (Å²) in [6, 6.07) is 0. The lowest BCUT2D eigenvalue weighted by Gasteiger charge is -2.24. The van der Waals surface area contributed by atoms with Gasteiger partial charge in [0.1, 0.15) is 0 Å². The Morgan fingerprint density at radius 3 is 2.31 bits per heavy atom. The van der Waals surface area contributed by atoms with Gasteiger partial charge in [0.15, 0.2) is 11.5 Å². The molecule has 5 nitrogen and oxygen atoms in total. The molecule has 1 aliphatic carbocycles. The van der Waals surface area contributed by atoms with Crippen molar-refractivity contribution in [3.05, 3.63) is 23.6 Å². The molecule has 0 atom stereocenters. The van der Waals surface area contributed by atoms with Crippen LogP contribution >= 0.6 is 0 Å². The number of aliphatic hydroxyl groups excluding tert-OH is 1. The first-order valence-electron chi connectivity index (χ1n) is 4.98. The summed E-state index contributed by atoms with van der Waals surface area (Å²) >= 11 is 0. The van der Waals surface area contributed by atoms with Gasteiger partial charge >= 0.3 is 0 Å². The van der Waals surface area contributed by atoms with E-state index in [9.17, 15) is 14.7 Å². The van der Waals surface area contributed by atoms with Gasteiger partial charge in [-0.15, -0.1) is 0 Å². The highest BCUT2D eigenvalue weighted by Crippen LogP contribution is 2.13. The molecule has 0 aromatic heterocycles. The molecule has 0 saturated heterocycles. The van der Waals surface area contributed by atoms with Gasteiger partial charge in [0.25, 0.3) is 0 Å². The monoisotopic (exact) mass is 224 g/mol. The Labute approximate surface area is 94.6 Å². The second kappa shape index (κ2) is 4.94. The van der Waals surface area contributed by atoms with E-state index in [1.807, 2.05) is 19.0 Å². The second-order valence-corrected chi connectivity index (χ2v) is 4.02. The number of ketones is 2. The first kappa shape index (κ1) is 12.4. The summed E-state index contributed by atoms with van der Waals surface area (Å²) in [6.07, 6.45) is 2.18. The molecule has 0 heterocycles. The van der Waals surface area contributed by atoms with Crippen molar-refractivity contribution in [2.45, 2.75) is 0 Å². The molecule has 16 heavy (non-hydrogen) atoms. The van der Waals surface area contributed by atoms with Crippen molar-refractivity contribution < 1.29 is 14.7 Å². The number of hydrogen-bond donors (Lipinski definition) is 1. The highest BCUT2D eigenvalue weighted by molar-refractivity contribution is 6.18. The maximum Gasteiger partial charge on any atom is 0.243 e. The molecule has 0 radical (unpaired) electrons. The van der Waals surface area contributed by atoms with Gasteiger partial charge in [-0.3, -0.25) is 9.59 Å². The predicted molar refractivity (Wildman–Crippen MR) is 60.0 cm³/mol. The van der Waals surface area contributed by atoms with E-state index < -0.39 is 11.5 Å². The van der Waals surface area contributed by atoms with Gasteiger partial charge < -0.3 is 14.9 Å². The van der Waals surface area contributed by atoms with Crippen LogP contribution in [-0.4, -0.2) is 60.7 Å². The zero-order chi connectivity index (χ0) is 12.3. The van der Waals surface area contributed by atoms with Crippen molar-refractivity contribution in [3.8, 4) is 0 Å². The molecule has 0 aromatic rings. The van der Waals surface area contributed by atoms with Gasteiger partial charge in [-0.2, -0.15) is 0 Å². The van der Waals surface area contributed by atoms with Crippen molar-refractivity contribution in [2.24, 2.45) is 0 Å². The number of Topliss-reactive ketones (excluding diaryl/α,β-unsaturated/α-hetero) is 1. The molecular formula is C11H16N2O3. The van der Waals surface area contributed by atoms with Gasteiger partial charge in [0.05, 0.1) is 5.70 Å². The highest BCUT2D eigenvalue weighted by Gasteiger charge is 2.23. The predicted octanol–water partition coefficient (Wildman–Crippen LogP) is -0.0426. The van der Waals surface area contributed by atoms with Crippen LogP contribution in [0.5, 0.6) is 0 Å². The molecule has 0 saturated carbocycles. The van der Waals surface area contributed by atoms with Crippen molar-refractivity contribution in [1.82, 2.24) is 9.80 Å². The summed E-state index contributed by atoms with van der Waals surface area (Å²) in [5.74, 6) is -1.34. The van der Waals surface area contributed by atoms with Crippen LogP contribution < -0.4 is 0 Å². The summed E-state index contributed by atoms with van der Waals surface area (Å²) in [4.78, 5) is 26.4. The zero-order valence-electron chi connectivity index (χ0n) is 9.73. The Morgan fingerprint density at radius 2 is 1.75 bits per heavy atom. The van der Waals surface area contributed by atoms with Crippen LogP contribution in [0.1, 0.15) is 0 Å². The van der Waals surface area contributed by atoms with Gasteiger partial charge in [-0.1, -0.05) is 0 Å². The van der Waals surface area contributed by atoms with E-state index in [4.69, 9.17) is 0 Å². The molecule has 1 aliphatic rings. The van der Waals surface area contributed by atoms with E-state index >= 15 is 0 Å². The lowest BCUT2D eigenvalue weighted by Crippen LogP contribution is -2.33. The Kier molecular flexibility index (Phi) is 3.84. The maximum absolute atomic E-state index is 11.6. The topological polar surface area (TPSA) is 60.9 Å². The van der Waals surface area contributed by atoms with E-state index in [1.165, 1.54) is 6.08 Å². The van der Waals surface area contributed by atoms with Crippen LogP contribution in [0, 0.1) is 0 Å². The lowest BCUT2D eigenvalue weighted by molar-refractivity contribution is -0.118. The van der Waals surface area contributed by atoms with Crippen LogP contribution in [0.3, 0.4) is 0 Å². The van der Waals surface area contributed by atoms with Gasteiger partial charge in [0, 0.05) is 32.3 Å². The van der Waals surface area contributed by atoms with E-state index in [0.29, 0.717) is 6.54 Å². The minimum absolute atomic E-state index is 0.242. The number of allylic oxidation sites excluding steroid dienone is 2. The van der Waals surface area contributed by atoms with Gasteiger partial charge in [-0.05, 0) is 14.1 Å². The van der Waals surface area contributed by atoms with E-state index in [0.717, 1.165) is 12.6 Å². The van der Waals surface area contributed by atoms with Crippen LogP contribution in [0.25, 0.3) is 0 Å². The molecule has 0 spiro atoms. The molecule has 1 rings (SSSR count). The quantitative estimate of drug-likeness (QED) is 0.679.